The van der Waals surface area contributed by atoms with Gasteiger partial charge < -0.3 is 5.32 Å². The maximum Gasteiger partial charge on any atom is 0.258 e. The van der Waals surface area contributed by atoms with E-state index in [2.05, 4.69) is 10.3 Å². The maximum atomic E-state index is 13.4. The molecule has 1 amide bonds. The molecule has 0 aliphatic heterocycles. The van der Waals surface area contributed by atoms with Gasteiger partial charge in [0.2, 0.25) is 0 Å². The zero-order valence-electron chi connectivity index (χ0n) is 9.25. The number of pyridine rings is 1. The summed E-state index contributed by atoms with van der Waals surface area (Å²) in [5, 5.41) is 2.06. The van der Waals surface area contributed by atoms with E-state index in [1.165, 1.54) is 18.2 Å². The number of halogens is 4. The van der Waals surface area contributed by atoms with Gasteiger partial charge in [0.05, 0.1) is 5.56 Å². The van der Waals surface area contributed by atoms with Crippen molar-refractivity contribution in [3.63, 3.8) is 0 Å². The van der Waals surface area contributed by atoms with E-state index in [0.29, 0.717) is 0 Å². The number of amides is 1. The van der Waals surface area contributed by atoms with Gasteiger partial charge in [-0.25, -0.2) is 13.8 Å². The molecule has 98 valence electrons. The summed E-state index contributed by atoms with van der Waals surface area (Å²) < 4.78 is 26.7. The number of para-hydroxylation sites is 1. The van der Waals surface area contributed by atoms with Crippen molar-refractivity contribution < 1.29 is 13.6 Å². The molecule has 0 radical (unpaired) electrons. The number of carbonyl (C=O) groups is 1. The molecule has 0 atom stereocenters. The van der Waals surface area contributed by atoms with E-state index in [4.69, 9.17) is 23.2 Å². The Morgan fingerprint density at radius 1 is 1.11 bits per heavy atom. The van der Waals surface area contributed by atoms with Crippen LogP contribution in [0.3, 0.4) is 0 Å². The van der Waals surface area contributed by atoms with Gasteiger partial charge in [0, 0.05) is 0 Å². The van der Waals surface area contributed by atoms with Crippen LogP contribution >= 0.6 is 23.2 Å². The molecule has 2 rings (SSSR count). The third-order valence-corrected chi connectivity index (χ3v) is 2.76. The topological polar surface area (TPSA) is 42.0 Å². The lowest BCUT2D eigenvalue weighted by molar-refractivity contribution is 0.102. The van der Waals surface area contributed by atoms with Crippen molar-refractivity contribution >= 4 is 34.8 Å². The minimum Gasteiger partial charge on any atom is -0.317 e. The minimum absolute atomic E-state index is 0.0336. The van der Waals surface area contributed by atoms with Crippen LogP contribution in [0.1, 0.15) is 10.4 Å². The third-order valence-electron chi connectivity index (χ3n) is 2.26. The van der Waals surface area contributed by atoms with Gasteiger partial charge in [-0.1, -0.05) is 29.3 Å². The summed E-state index contributed by atoms with van der Waals surface area (Å²) in [5.41, 5.74) is -0.577. The Morgan fingerprint density at radius 2 is 1.74 bits per heavy atom. The van der Waals surface area contributed by atoms with Gasteiger partial charge in [0.15, 0.2) is 0 Å². The average molecular weight is 303 g/mol. The van der Waals surface area contributed by atoms with Crippen molar-refractivity contribution in [2.24, 2.45) is 0 Å². The second-order valence-electron chi connectivity index (χ2n) is 3.52. The number of hydrogen-bond donors (Lipinski definition) is 1. The number of benzene rings is 1. The zero-order chi connectivity index (χ0) is 14.0. The summed E-state index contributed by atoms with van der Waals surface area (Å²) >= 11 is 11.3. The molecule has 0 spiro atoms. The molecule has 0 saturated heterocycles. The summed E-state index contributed by atoms with van der Waals surface area (Å²) in [7, 11) is 0. The SMILES string of the molecule is O=C(Nc1c(F)cccc1F)c1ccc(Cl)nc1Cl. The van der Waals surface area contributed by atoms with Crippen LogP contribution in [0.5, 0.6) is 0 Å². The highest BCUT2D eigenvalue weighted by molar-refractivity contribution is 6.35. The lowest BCUT2D eigenvalue weighted by atomic mass is 10.2. The molecule has 7 heteroatoms. The Bertz CT molecular complexity index is 629. The molecule has 1 N–H and O–H groups in total. The first-order valence-electron chi connectivity index (χ1n) is 5.06. The van der Waals surface area contributed by atoms with Crippen LogP contribution < -0.4 is 5.32 Å². The second-order valence-corrected chi connectivity index (χ2v) is 4.27. The van der Waals surface area contributed by atoms with Crippen molar-refractivity contribution in [2.75, 3.05) is 5.32 Å². The Hall–Kier alpha value is -1.72. The van der Waals surface area contributed by atoms with Gasteiger partial charge >= 0.3 is 0 Å². The Labute approximate surface area is 117 Å². The summed E-state index contributed by atoms with van der Waals surface area (Å²) in [6, 6.07) is 5.91. The first-order valence-corrected chi connectivity index (χ1v) is 5.82. The van der Waals surface area contributed by atoms with E-state index in [9.17, 15) is 13.6 Å². The summed E-state index contributed by atoms with van der Waals surface area (Å²) in [6.45, 7) is 0. The fourth-order valence-corrected chi connectivity index (χ4v) is 1.81. The molecule has 0 bridgehead atoms. The number of nitrogens with one attached hydrogen (secondary N) is 1. The first-order chi connectivity index (χ1) is 8.99. The van der Waals surface area contributed by atoms with Crippen LogP contribution in [0.2, 0.25) is 10.3 Å². The summed E-state index contributed by atoms with van der Waals surface area (Å²) in [4.78, 5) is 15.5. The summed E-state index contributed by atoms with van der Waals surface area (Å²) in [5.74, 6) is -2.55. The van der Waals surface area contributed by atoms with Crippen LogP contribution in [0.4, 0.5) is 14.5 Å². The Balaban J connectivity index is 2.31. The minimum atomic E-state index is -0.883. The van der Waals surface area contributed by atoms with Gasteiger partial charge in [-0.05, 0) is 24.3 Å². The smallest absolute Gasteiger partial charge is 0.258 e. The molecular formula is C12H6Cl2F2N2O. The van der Waals surface area contributed by atoms with E-state index in [0.717, 1.165) is 12.1 Å². The molecular weight excluding hydrogens is 297 g/mol. The molecule has 0 aliphatic carbocycles. The van der Waals surface area contributed by atoms with E-state index in [-0.39, 0.29) is 15.9 Å². The van der Waals surface area contributed by atoms with Gasteiger partial charge in [0.25, 0.3) is 5.91 Å². The standard InChI is InChI=1S/C12H6Cl2F2N2O/c13-9-5-4-6(11(14)17-9)12(19)18-10-7(15)2-1-3-8(10)16/h1-5H,(H,18,19). The van der Waals surface area contributed by atoms with Gasteiger partial charge in [-0.15, -0.1) is 0 Å². The van der Waals surface area contributed by atoms with Gasteiger partial charge in [-0.3, -0.25) is 4.79 Å². The highest BCUT2D eigenvalue weighted by Gasteiger charge is 2.16. The molecule has 0 fully saturated rings. The number of hydrogen-bond acceptors (Lipinski definition) is 2. The van der Waals surface area contributed by atoms with Crippen molar-refractivity contribution in [2.45, 2.75) is 0 Å². The Kier molecular flexibility index (Phi) is 3.97. The predicted molar refractivity (Wildman–Crippen MR) is 68.6 cm³/mol. The molecule has 0 aliphatic rings. The van der Waals surface area contributed by atoms with E-state index < -0.39 is 23.2 Å². The lowest BCUT2D eigenvalue weighted by Gasteiger charge is -2.08. The van der Waals surface area contributed by atoms with E-state index in [1.54, 1.807) is 0 Å². The van der Waals surface area contributed by atoms with Crippen molar-refractivity contribution in [1.82, 2.24) is 4.98 Å². The fraction of sp³-hybridized carbons (Fsp3) is 0. The lowest BCUT2D eigenvalue weighted by Crippen LogP contribution is -2.15. The molecule has 1 aromatic carbocycles. The number of carbonyl (C=O) groups excluding carboxylic acids is 1. The molecule has 3 nitrogen and oxygen atoms in total. The van der Waals surface area contributed by atoms with E-state index >= 15 is 0 Å². The molecule has 1 aromatic heterocycles. The number of aromatic nitrogens is 1. The van der Waals surface area contributed by atoms with E-state index in [1.807, 2.05) is 0 Å². The van der Waals surface area contributed by atoms with Crippen LogP contribution in [0.15, 0.2) is 30.3 Å². The molecule has 1 heterocycles. The fourth-order valence-electron chi connectivity index (χ4n) is 1.38. The average Bonchev–Trinajstić information content (AvgIpc) is 2.33. The normalized spacial score (nSPS) is 10.3. The zero-order valence-corrected chi connectivity index (χ0v) is 10.8. The van der Waals surface area contributed by atoms with Crippen LogP contribution in [-0.4, -0.2) is 10.9 Å². The third kappa shape index (κ3) is 3.00. The monoisotopic (exact) mass is 302 g/mol. The highest BCUT2D eigenvalue weighted by Crippen LogP contribution is 2.21. The molecule has 2 aromatic rings. The molecule has 19 heavy (non-hydrogen) atoms. The molecule has 0 saturated carbocycles. The maximum absolute atomic E-state index is 13.4. The van der Waals surface area contributed by atoms with Crippen LogP contribution in [0.25, 0.3) is 0 Å². The number of nitrogens with zero attached hydrogens (tertiary/aromatic N) is 1. The van der Waals surface area contributed by atoms with Crippen molar-refractivity contribution in [3.8, 4) is 0 Å². The molecule has 0 unspecified atom stereocenters. The van der Waals surface area contributed by atoms with Crippen LogP contribution in [0, 0.1) is 11.6 Å². The quantitative estimate of drug-likeness (QED) is 0.854. The predicted octanol–water partition coefficient (Wildman–Crippen LogP) is 3.92. The van der Waals surface area contributed by atoms with Crippen molar-refractivity contribution in [3.05, 3.63) is 57.8 Å². The van der Waals surface area contributed by atoms with Crippen molar-refractivity contribution in [1.29, 1.82) is 0 Å². The summed E-state index contributed by atoms with van der Waals surface area (Å²) in [6.07, 6.45) is 0. The largest absolute Gasteiger partial charge is 0.317 e. The number of rotatable bonds is 2. The first kappa shape index (κ1) is 13.7. The van der Waals surface area contributed by atoms with Gasteiger partial charge in [-0.2, -0.15) is 0 Å². The van der Waals surface area contributed by atoms with Crippen LogP contribution in [-0.2, 0) is 0 Å². The highest BCUT2D eigenvalue weighted by atomic mass is 35.5. The second kappa shape index (κ2) is 5.50. The van der Waals surface area contributed by atoms with Gasteiger partial charge in [0.1, 0.15) is 27.6 Å². The number of anilines is 1. The Morgan fingerprint density at radius 3 is 2.32 bits per heavy atom.